The van der Waals surface area contributed by atoms with Gasteiger partial charge in [0.2, 0.25) is 0 Å². The number of benzene rings is 2. The molecule has 1 saturated heterocycles. The van der Waals surface area contributed by atoms with E-state index in [0.717, 1.165) is 49.4 Å². The van der Waals surface area contributed by atoms with Crippen LogP contribution in [-0.2, 0) is 11.3 Å². The summed E-state index contributed by atoms with van der Waals surface area (Å²) in [7, 11) is 5.01. The molecule has 4 rings (SSSR count). The summed E-state index contributed by atoms with van der Waals surface area (Å²) in [5.74, 6) is 1.63. The Kier molecular flexibility index (Phi) is 6.37. The van der Waals surface area contributed by atoms with Crippen molar-refractivity contribution in [1.29, 1.82) is 0 Å². The Morgan fingerprint density at radius 1 is 1.07 bits per heavy atom. The van der Waals surface area contributed by atoms with Crippen molar-refractivity contribution in [3.05, 3.63) is 59.2 Å². The number of hydrogen-bond acceptors (Lipinski definition) is 6. The number of piperidine rings is 1. The second kappa shape index (κ2) is 9.16. The number of hydroxylamine groups is 2. The summed E-state index contributed by atoms with van der Waals surface area (Å²) in [5.41, 5.74) is 3.34. The quantitative estimate of drug-likeness (QED) is 0.514. The third-order valence-corrected chi connectivity index (χ3v) is 6.40. The number of methoxy groups -OCH3 is 2. The van der Waals surface area contributed by atoms with Gasteiger partial charge >= 0.3 is 0 Å². The second-order valence-electron chi connectivity index (χ2n) is 7.93. The van der Waals surface area contributed by atoms with Crippen LogP contribution in [-0.4, -0.2) is 62.8 Å². The summed E-state index contributed by atoms with van der Waals surface area (Å²) < 4.78 is 11.1. The first kappa shape index (κ1) is 20.8. The maximum atomic E-state index is 12.7. The van der Waals surface area contributed by atoms with Crippen LogP contribution in [0.3, 0.4) is 0 Å². The number of Topliss-reactive ketones (excluding diaryl/α,β-unsaturated/α-hetero) is 1. The molecule has 2 aromatic rings. The largest absolute Gasteiger partial charge is 0.493 e. The van der Waals surface area contributed by atoms with E-state index in [1.807, 2.05) is 35.4 Å². The Morgan fingerprint density at radius 2 is 1.80 bits per heavy atom. The number of hydrogen-bond donors (Lipinski definition) is 0. The van der Waals surface area contributed by atoms with Crippen LogP contribution in [0.25, 0.3) is 0 Å². The van der Waals surface area contributed by atoms with Crippen LogP contribution in [0.5, 0.6) is 11.5 Å². The molecule has 0 radical (unpaired) electrons. The topological polar surface area (TPSA) is 51.2 Å². The summed E-state index contributed by atoms with van der Waals surface area (Å²) in [6, 6.07) is 14.1. The van der Waals surface area contributed by atoms with E-state index in [4.69, 9.17) is 14.3 Å². The number of fused-ring (bicyclic) bond motifs is 3. The summed E-state index contributed by atoms with van der Waals surface area (Å²) >= 11 is 0. The van der Waals surface area contributed by atoms with E-state index in [1.165, 1.54) is 11.1 Å². The number of ketones is 1. The molecular weight excluding hydrogens is 380 g/mol. The van der Waals surface area contributed by atoms with Crippen LogP contribution in [0.2, 0.25) is 0 Å². The average molecular weight is 411 g/mol. The van der Waals surface area contributed by atoms with Gasteiger partial charge in [-0.25, -0.2) is 0 Å². The Balaban J connectivity index is 1.53. The Morgan fingerprint density at radius 3 is 2.50 bits per heavy atom. The molecule has 160 valence electrons. The SMILES string of the molecule is COc1cc2c(cc1OC)C1CC(N(CC(=O)c3ccccc3)OC)CCN1CC2. The van der Waals surface area contributed by atoms with Crippen molar-refractivity contribution in [2.45, 2.75) is 31.3 Å². The Hall–Kier alpha value is -2.41. The van der Waals surface area contributed by atoms with Crippen LogP contribution in [0.1, 0.15) is 40.4 Å². The lowest BCUT2D eigenvalue weighted by Crippen LogP contribution is -2.49. The van der Waals surface area contributed by atoms with Crippen LogP contribution < -0.4 is 9.47 Å². The maximum absolute atomic E-state index is 12.7. The van der Waals surface area contributed by atoms with E-state index in [0.29, 0.717) is 0 Å². The van der Waals surface area contributed by atoms with E-state index in [-0.39, 0.29) is 24.4 Å². The van der Waals surface area contributed by atoms with Crippen LogP contribution >= 0.6 is 0 Å². The first-order chi connectivity index (χ1) is 14.6. The molecule has 1 fully saturated rings. The summed E-state index contributed by atoms with van der Waals surface area (Å²) in [6.07, 6.45) is 2.91. The molecule has 6 heteroatoms. The molecule has 30 heavy (non-hydrogen) atoms. The number of carbonyl (C=O) groups excluding carboxylic acids is 1. The second-order valence-corrected chi connectivity index (χ2v) is 7.93. The summed E-state index contributed by atoms with van der Waals surface area (Å²) in [4.78, 5) is 20.9. The maximum Gasteiger partial charge on any atom is 0.179 e. The van der Waals surface area contributed by atoms with E-state index in [2.05, 4.69) is 17.0 Å². The third-order valence-electron chi connectivity index (χ3n) is 6.40. The van der Waals surface area contributed by atoms with Gasteiger partial charge in [0.15, 0.2) is 17.3 Å². The highest BCUT2D eigenvalue weighted by Gasteiger charge is 2.37. The predicted octanol–water partition coefficient (Wildman–Crippen LogP) is 3.51. The smallest absolute Gasteiger partial charge is 0.179 e. The van der Waals surface area contributed by atoms with Gasteiger partial charge in [-0.15, -0.1) is 0 Å². The van der Waals surface area contributed by atoms with E-state index in [9.17, 15) is 4.79 Å². The van der Waals surface area contributed by atoms with Gasteiger partial charge < -0.3 is 14.3 Å². The molecule has 6 nitrogen and oxygen atoms in total. The van der Waals surface area contributed by atoms with Gasteiger partial charge in [-0.1, -0.05) is 30.3 Å². The average Bonchev–Trinajstić information content (AvgIpc) is 2.81. The molecule has 2 unspecified atom stereocenters. The molecule has 0 aliphatic carbocycles. The van der Waals surface area contributed by atoms with Crippen molar-refractivity contribution < 1.29 is 19.1 Å². The van der Waals surface area contributed by atoms with E-state index >= 15 is 0 Å². The molecule has 0 aromatic heterocycles. The van der Waals surface area contributed by atoms with Gasteiger partial charge in [-0.05, 0) is 42.5 Å². The van der Waals surface area contributed by atoms with Crippen molar-refractivity contribution >= 4 is 5.78 Å². The molecule has 0 spiro atoms. The third kappa shape index (κ3) is 4.08. The molecule has 0 bridgehead atoms. The standard InChI is InChI=1S/C24H30N2O4/c1-28-23-13-18-9-11-25-12-10-19(14-21(25)20(18)15-24(23)29-2)26(30-3)16-22(27)17-7-5-4-6-8-17/h4-8,13,15,19,21H,9-12,14,16H2,1-3H3. The van der Waals surface area contributed by atoms with Gasteiger partial charge in [0.05, 0.1) is 27.9 Å². The zero-order valence-electron chi connectivity index (χ0n) is 18.0. The van der Waals surface area contributed by atoms with Crippen molar-refractivity contribution in [3.8, 4) is 11.5 Å². The minimum atomic E-state index is 0.0790. The number of ether oxygens (including phenoxy) is 2. The summed E-state index contributed by atoms with van der Waals surface area (Å²) in [5, 5.41) is 1.86. The molecule has 2 aliphatic rings. The van der Waals surface area contributed by atoms with Gasteiger partial charge in [0, 0.05) is 30.7 Å². The monoisotopic (exact) mass is 410 g/mol. The highest BCUT2D eigenvalue weighted by Crippen LogP contribution is 2.42. The molecule has 0 saturated carbocycles. The van der Waals surface area contributed by atoms with E-state index in [1.54, 1.807) is 21.3 Å². The van der Waals surface area contributed by atoms with Gasteiger partial charge in [-0.3, -0.25) is 9.69 Å². The molecule has 0 N–H and O–H groups in total. The number of carbonyl (C=O) groups is 1. The van der Waals surface area contributed by atoms with Crippen molar-refractivity contribution in [2.24, 2.45) is 0 Å². The fraction of sp³-hybridized carbons (Fsp3) is 0.458. The lowest BCUT2D eigenvalue weighted by atomic mass is 9.84. The van der Waals surface area contributed by atoms with Crippen molar-refractivity contribution in [1.82, 2.24) is 9.96 Å². The first-order valence-corrected chi connectivity index (χ1v) is 10.5. The van der Waals surface area contributed by atoms with Gasteiger partial charge in [-0.2, -0.15) is 5.06 Å². The molecule has 2 heterocycles. The minimum absolute atomic E-state index is 0.0790. The van der Waals surface area contributed by atoms with Crippen LogP contribution in [0.4, 0.5) is 0 Å². The Bertz CT molecular complexity index is 886. The lowest BCUT2D eigenvalue weighted by Gasteiger charge is -2.45. The fourth-order valence-corrected chi connectivity index (χ4v) is 4.78. The molecule has 0 amide bonds. The van der Waals surface area contributed by atoms with Crippen molar-refractivity contribution in [3.63, 3.8) is 0 Å². The van der Waals surface area contributed by atoms with E-state index < -0.39 is 0 Å². The zero-order valence-corrected chi connectivity index (χ0v) is 18.0. The Labute approximate surface area is 178 Å². The highest BCUT2D eigenvalue weighted by atomic mass is 16.7. The van der Waals surface area contributed by atoms with Gasteiger partial charge in [0.25, 0.3) is 0 Å². The fourth-order valence-electron chi connectivity index (χ4n) is 4.78. The lowest BCUT2D eigenvalue weighted by molar-refractivity contribution is -0.168. The first-order valence-electron chi connectivity index (χ1n) is 10.5. The van der Waals surface area contributed by atoms with Crippen LogP contribution in [0, 0.1) is 0 Å². The molecule has 2 aromatic carbocycles. The normalized spacial score (nSPS) is 21.1. The minimum Gasteiger partial charge on any atom is -0.493 e. The highest BCUT2D eigenvalue weighted by molar-refractivity contribution is 5.97. The van der Waals surface area contributed by atoms with Gasteiger partial charge in [0.1, 0.15) is 0 Å². The van der Waals surface area contributed by atoms with Crippen LogP contribution in [0.15, 0.2) is 42.5 Å². The summed E-state index contributed by atoms with van der Waals surface area (Å²) in [6.45, 7) is 2.29. The molecule has 2 atom stereocenters. The van der Waals surface area contributed by atoms with Crippen molar-refractivity contribution in [2.75, 3.05) is 41.0 Å². The molecular formula is C24H30N2O4. The molecule has 2 aliphatic heterocycles. The predicted molar refractivity (Wildman–Crippen MR) is 115 cm³/mol. The number of nitrogens with zero attached hydrogens (tertiary/aromatic N) is 2. The zero-order chi connectivity index (χ0) is 21.1. The number of rotatable bonds is 7.